The Morgan fingerprint density at radius 1 is 1.35 bits per heavy atom. The van der Waals surface area contributed by atoms with Crippen molar-refractivity contribution in [1.29, 1.82) is 0 Å². The number of hydrogen-bond donors (Lipinski definition) is 2. The van der Waals surface area contributed by atoms with Crippen LogP contribution in [0.15, 0.2) is 9.52 Å². The number of rotatable bonds is 7. The zero-order valence-electron chi connectivity index (χ0n) is 15.9. The minimum atomic E-state index is -3.09. The molecular weight excluding hydrogens is 469 g/mol. The lowest BCUT2D eigenvalue weighted by molar-refractivity contribution is 0.380. The van der Waals surface area contributed by atoms with E-state index in [-0.39, 0.29) is 24.0 Å². The van der Waals surface area contributed by atoms with Crippen molar-refractivity contribution in [3.63, 3.8) is 0 Å². The van der Waals surface area contributed by atoms with Crippen LogP contribution in [-0.4, -0.2) is 56.8 Å². The molecule has 0 spiro atoms. The number of hydrogen-bond acceptors (Lipinski definition) is 5. The van der Waals surface area contributed by atoms with E-state index in [1.54, 1.807) is 7.05 Å². The van der Waals surface area contributed by atoms with Crippen LogP contribution in [0.2, 0.25) is 0 Å². The first-order valence-electron chi connectivity index (χ1n) is 8.74. The molecule has 2 heterocycles. The Kier molecular flexibility index (Phi) is 9.31. The second kappa shape index (κ2) is 10.5. The van der Waals surface area contributed by atoms with Crippen molar-refractivity contribution in [3.05, 3.63) is 17.0 Å². The second-order valence-electron chi connectivity index (χ2n) is 6.32. The normalized spacial score (nSPS) is 18.6. The Labute approximate surface area is 173 Å². The average Bonchev–Trinajstić information content (AvgIpc) is 3.20. The maximum absolute atomic E-state index is 11.6. The summed E-state index contributed by atoms with van der Waals surface area (Å²) in [4.78, 5) is 4.24. The van der Waals surface area contributed by atoms with E-state index in [0.29, 0.717) is 38.1 Å². The smallest absolute Gasteiger partial charge is 0.211 e. The van der Waals surface area contributed by atoms with Crippen LogP contribution >= 0.6 is 24.0 Å². The lowest BCUT2D eigenvalue weighted by Gasteiger charge is -2.16. The molecule has 0 aliphatic carbocycles. The molecule has 10 heteroatoms. The molecule has 0 bridgehead atoms. The molecule has 26 heavy (non-hydrogen) atoms. The molecule has 1 aliphatic rings. The van der Waals surface area contributed by atoms with E-state index in [1.165, 1.54) is 10.6 Å². The summed E-state index contributed by atoms with van der Waals surface area (Å²) >= 11 is 0. The van der Waals surface area contributed by atoms with Crippen LogP contribution in [0, 0.1) is 5.92 Å². The molecular formula is C16H30IN5O3S. The predicted molar refractivity (Wildman–Crippen MR) is 113 cm³/mol. The molecule has 0 radical (unpaired) electrons. The lowest BCUT2D eigenvalue weighted by atomic mass is 10.1. The van der Waals surface area contributed by atoms with Crippen molar-refractivity contribution in [2.24, 2.45) is 10.9 Å². The van der Waals surface area contributed by atoms with E-state index < -0.39 is 10.0 Å². The molecule has 8 nitrogen and oxygen atoms in total. The van der Waals surface area contributed by atoms with Gasteiger partial charge in [0.25, 0.3) is 0 Å². The fourth-order valence-corrected chi connectivity index (χ4v) is 3.96. The quantitative estimate of drug-likeness (QED) is 0.334. The van der Waals surface area contributed by atoms with Crippen molar-refractivity contribution in [3.8, 4) is 0 Å². The van der Waals surface area contributed by atoms with Gasteiger partial charge in [-0.25, -0.2) is 12.7 Å². The first-order valence-corrected chi connectivity index (χ1v) is 10.6. The van der Waals surface area contributed by atoms with E-state index in [2.05, 4.69) is 27.7 Å². The molecule has 1 aromatic heterocycles. The van der Waals surface area contributed by atoms with Gasteiger partial charge in [0, 0.05) is 45.2 Å². The summed E-state index contributed by atoms with van der Waals surface area (Å²) in [6.07, 6.45) is 3.76. The number of nitrogens with one attached hydrogen (secondary N) is 2. The minimum Gasteiger partial charge on any atom is -0.361 e. The molecule has 1 atom stereocenters. The molecule has 0 aromatic carbocycles. The standard InChI is InChI=1S/C16H29N5O3S.HI/c1-5-14-13(15(6-2)24-20-14)10-19-16(17-3)18-9-12-7-8-21(11-12)25(4,22)23;/h12H,5-11H2,1-4H3,(H2,17,18,19);1H. The monoisotopic (exact) mass is 499 g/mol. The Balaban J connectivity index is 0.00000338. The van der Waals surface area contributed by atoms with Crippen molar-refractivity contribution < 1.29 is 12.9 Å². The number of halogens is 1. The number of aryl methyl sites for hydroxylation is 2. The second-order valence-corrected chi connectivity index (χ2v) is 8.30. The third-order valence-corrected chi connectivity index (χ3v) is 5.81. The summed E-state index contributed by atoms with van der Waals surface area (Å²) in [7, 11) is -1.37. The zero-order chi connectivity index (χ0) is 18.4. The van der Waals surface area contributed by atoms with Crippen LogP contribution in [0.5, 0.6) is 0 Å². The van der Waals surface area contributed by atoms with Crippen LogP contribution in [0.1, 0.15) is 37.3 Å². The van der Waals surface area contributed by atoms with E-state index in [1.807, 2.05) is 6.92 Å². The van der Waals surface area contributed by atoms with Gasteiger partial charge in [-0.2, -0.15) is 0 Å². The SMILES string of the molecule is CCc1noc(CC)c1CNC(=NC)NCC1CCN(S(C)(=O)=O)C1.I. The molecule has 1 aliphatic heterocycles. The zero-order valence-corrected chi connectivity index (χ0v) is 19.1. The highest BCUT2D eigenvalue weighted by molar-refractivity contribution is 14.0. The fraction of sp³-hybridized carbons (Fsp3) is 0.750. The molecule has 150 valence electrons. The topological polar surface area (TPSA) is 99.8 Å². The summed E-state index contributed by atoms with van der Waals surface area (Å²) in [6, 6.07) is 0. The van der Waals surface area contributed by atoms with Crippen LogP contribution in [0.25, 0.3) is 0 Å². The maximum atomic E-state index is 11.6. The lowest BCUT2D eigenvalue weighted by Crippen LogP contribution is -2.40. The summed E-state index contributed by atoms with van der Waals surface area (Å²) in [6.45, 7) is 6.56. The van der Waals surface area contributed by atoms with Gasteiger partial charge in [-0.3, -0.25) is 4.99 Å². The Morgan fingerprint density at radius 3 is 2.62 bits per heavy atom. The molecule has 0 amide bonds. The Bertz CT molecular complexity index is 683. The molecule has 1 saturated heterocycles. The highest BCUT2D eigenvalue weighted by atomic mass is 127. The van der Waals surface area contributed by atoms with Gasteiger partial charge in [-0.15, -0.1) is 24.0 Å². The van der Waals surface area contributed by atoms with E-state index >= 15 is 0 Å². The van der Waals surface area contributed by atoms with Gasteiger partial charge in [0.05, 0.1) is 11.9 Å². The van der Waals surface area contributed by atoms with Gasteiger partial charge in [-0.1, -0.05) is 19.0 Å². The largest absolute Gasteiger partial charge is 0.361 e. The fourth-order valence-electron chi connectivity index (χ4n) is 3.04. The van der Waals surface area contributed by atoms with Gasteiger partial charge < -0.3 is 15.2 Å². The highest BCUT2D eigenvalue weighted by Crippen LogP contribution is 2.18. The maximum Gasteiger partial charge on any atom is 0.211 e. The number of aromatic nitrogens is 1. The van der Waals surface area contributed by atoms with E-state index in [0.717, 1.165) is 36.3 Å². The first-order chi connectivity index (χ1) is 11.9. The van der Waals surface area contributed by atoms with E-state index in [9.17, 15) is 8.42 Å². The van der Waals surface area contributed by atoms with Gasteiger partial charge in [0.1, 0.15) is 5.76 Å². The van der Waals surface area contributed by atoms with Crippen molar-refractivity contribution in [1.82, 2.24) is 20.1 Å². The third-order valence-electron chi connectivity index (χ3n) is 4.54. The van der Waals surface area contributed by atoms with Crippen LogP contribution in [-0.2, 0) is 29.4 Å². The number of nitrogens with zero attached hydrogens (tertiary/aromatic N) is 3. The Morgan fingerprint density at radius 2 is 2.08 bits per heavy atom. The third kappa shape index (κ3) is 6.08. The van der Waals surface area contributed by atoms with Gasteiger partial charge in [0.15, 0.2) is 5.96 Å². The molecule has 1 fully saturated rings. The van der Waals surface area contributed by atoms with Gasteiger partial charge >= 0.3 is 0 Å². The van der Waals surface area contributed by atoms with E-state index in [4.69, 9.17) is 4.52 Å². The molecule has 0 saturated carbocycles. The number of aliphatic imine (C=N–C) groups is 1. The van der Waals surface area contributed by atoms with Crippen LogP contribution < -0.4 is 10.6 Å². The van der Waals surface area contributed by atoms with Gasteiger partial charge in [0.2, 0.25) is 10.0 Å². The molecule has 2 N–H and O–H groups in total. The summed E-state index contributed by atoms with van der Waals surface area (Å²) in [5.41, 5.74) is 2.07. The van der Waals surface area contributed by atoms with Crippen molar-refractivity contribution in [2.45, 2.75) is 39.7 Å². The van der Waals surface area contributed by atoms with Crippen LogP contribution in [0.4, 0.5) is 0 Å². The molecule has 2 rings (SSSR count). The molecule has 1 unspecified atom stereocenters. The van der Waals surface area contributed by atoms with Crippen LogP contribution in [0.3, 0.4) is 0 Å². The Hall–Kier alpha value is -0.880. The van der Waals surface area contributed by atoms with Crippen molar-refractivity contribution >= 4 is 40.0 Å². The van der Waals surface area contributed by atoms with Gasteiger partial charge in [-0.05, 0) is 18.8 Å². The van der Waals surface area contributed by atoms with Crippen molar-refractivity contribution in [2.75, 3.05) is 32.9 Å². The predicted octanol–water partition coefficient (Wildman–Crippen LogP) is 1.36. The molecule has 1 aromatic rings. The number of guanidine groups is 1. The summed E-state index contributed by atoms with van der Waals surface area (Å²) < 4.78 is 30.1. The number of sulfonamides is 1. The summed E-state index contributed by atoms with van der Waals surface area (Å²) in [5.74, 6) is 1.89. The highest BCUT2D eigenvalue weighted by Gasteiger charge is 2.28. The average molecular weight is 499 g/mol. The summed E-state index contributed by atoms with van der Waals surface area (Å²) in [5, 5.41) is 10.7. The first kappa shape index (κ1) is 23.2. The minimum absolute atomic E-state index is 0.